The topological polar surface area (TPSA) is 30.3 Å². The molecular weight excluding hydrogens is 346 g/mol. The van der Waals surface area contributed by atoms with E-state index in [2.05, 4.69) is 85.7 Å². The molecule has 1 aliphatic rings. The summed E-state index contributed by atoms with van der Waals surface area (Å²) in [6.07, 6.45) is 0. The first-order valence-electron chi connectivity index (χ1n) is 10.3. The van der Waals surface area contributed by atoms with Crippen LogP contribution < -0.4 is 0 Å². The molecule has 0 aliphatic carbocycles. The molecule has 0 saturated carbocycles. The third-order valence-electron chi connectivity index (χ3n) is 5.81. The summed E-state index contributed by atoms with van der Waals surface area (Å²) in [5.41, 5.74) is 5.14. The van der Waals surface area contributed by atoms with Crippen LogP contribution in [0.3, 0.4) is 0 Å². The number of ether oxygens (including phenoxy) is 1. The van der Waals surface area contributed by atoms with Crippen molar-refractivity contribution in [1.29, 1.82) is 0 Å². The largest absolute Gasteiger partial charge is 0.379 e. The summed E-state index contributed by atoms with van der Waals surface area (Å²) < 4.78 is 7.93. The third kappa shape index (κ3) is 3.85. The zero-order chi connectivity index (χ0) is 19.7. The molecule has 3 aromatic rings. The fourth-order valence-electron chi connectivity index (χ4n) is 4.00. The summed E-state index contributed by atoms with van der Waals surface area (Å²) in [6, 6.07) is 17.8. The Hall–Kier alpha value is -2.17. The van der Waals surface area contributed by atoms with E-state index >= 15 is 0 Å². The zero-order valence-corrected chi connectivity index (χ0v) is 17.5. The van der Waals surface area contributed by atoms with Gasteiger partial charge in [-0.2, -0.15) is 0 Å². The molecule has 1 fully saturated rings. The van der Waals surface area contributed by atoms with Gasteiger partial charge in [-0.25, -0.2) is 4.98 Å². The van der Waals surface area contributed by atoms with Crippen LogP contribution in [0.2, 0.25) is 0 Å². The van der Waals surface area contributed by atoms with Gasteiger partial charge in [-0.3, -0.25) is 4.90 Å². The quantitative estimate of drug-likeness (QED) is 0.656. The molecule has 1 saturated heterocycles. The van der Waals surface area contributed by atoms with E-state index in [4.69, 9.17) is 9.72 Å². The van der Waals surface area contributed by atoms with Crippen LogP contribution in [0.5, 0.6) is 0 Å². The predicted molar refractivity (Wildman–Crippen MR) is 115 cm³/mol. The molecule has 0 radical (unpaired) electrons. The van der Waals surface area contributed by atoms with Crippen molar-refractivity contribution in [2.75, 3.05) is 26.3 Å². The molecule has 148 valence electrons. The van der Waals surface area contributed by atoms with Crippen LogP contribution in [0.25, 0.3) is 11.0 Å². The van der Waals surface area contributed by atoms with Gasteiger partial charge in [0.25, 0.3) is 0 Å². The number of benzene rings is 2. The normalized spacial score (nSPS) is 17.1. The summed E-state index contributed by atoms with van der Waals surface area (Å²) in [4.78, 5) is 7.50. The molecule has 4 heteroatoms. The minimum Gasteiger partial charge on any atom is -0.379 e. The van der Waals surface area contributed by atoms with Crippen molar-refractivity contribution in [3.8, 4) is 0 Å². The lowest BCUT2D eigenvalue weighted by atomic mass is 9.87. The van der Waals surface area contributed by atoms with Crippen LogP contribution in [-0.4, -0.2) is 40.8 Å². The van der Waals surface area contributed by atoms with E-state index in [9.17, 15) is 0 Å². The summed E-state index contributed by atoms with van der Waals surface area (Å²) in [7, 11) is 0. The first-order chi connectivity index (χ1) is 13.4. The maximum absolute atomic E-state index is 5.54. The van der Waals surface area contributed by atoms with E-state index in [-0.39, 0.29) is 11.5 Å². The van der Waals surface area contributed by atoms with E-state index in [0.717, 1.165) is 44.2 Å². The van der Waals surface area contributed by atoms with Gasteiger partial charge in [0.15, 0.2) is 0 Å². The minimum atomic E-state index is 0.177. The molecule has 4 nitrogen and oxygen atoms in total. The van der Waals surface area contributed by atoms with E-state index in [0.29, 0.717) is 0 Å². The van der Waals surface area contributed by atoms with Crippen molar-refractivity contribution in [2.24, 2.45) is 0 Å². The number of hydrogen-bond donors (Lipinski definition) is 0. The van der Waals surface area contributed by atoms with Gasteiger partial charge in [-0.05, 0) is 35.6 Å². The minimum absolute atomic E-state index is 0.177. The van der Waals surface area contributed by atoms with Crippen LogP contribution in [-0.2, 0) is 16.7 Å². The first-order valence-corrected chi connectivity index (χ1v) is 10.3. The number of rotatable bonds is 4. The fraction of sp³-hybridized carbons (Fsp3) is 0.458. The smallest absolute Gasteiger partial charge is 0.127 e. The molecule has 1 unspecified atom stereocenters. The summed E-state index contributed by atoms with van der Waals surface area (Å²) in [5, 5.41) is 0. The molecule has 2 heterocycles. The van der Waals surface area contributed by atoms with Gasteiger partial charge in [0, 0.05) is 19.6 Å². The molecule has 0 amide bonds. The van der Waals surface area contributed by atoms with Crippen molar-refractivity contribution in [3.63, 3.8) is 0 Å². The highest BCUT2D eigenvalue weighted by Crippen LogP contribution is 2.27. The average molecular weight is 378 g/mol. The lowest BCUT2D eigenvalue weighted by molar-refractivity contribution is 0.0177. The molecule has 1 aliphatic heterocycles. The molecule has 1 atom stereocenters. The Bertz CT molecular complexity index is 931. The van der Waals surface area contributed by atoms with Crippen molar-refractivity contribution in [1.82, 2.24) is 14.5 Å². The predicted octanol–water partition coefficient (Wildman–Crippen LogP) is 4.78. The highest BCUT2D eigenvalue weighted by atomic mass is 16.5. The second-order valence-corrected chi connectivity index (χ2v) is 8.82. The van der Waals surface area contributed by atoms with Crippen LogP contribution in [0.15, 0.2) is 48.5 Å². The molecule has 0 bridgehead atoms. The number of hydrogen-bond acceptors (Lipinski definition) is 3. The standard InChI is InChI=1S/C24H31N3O/c1-18(26-13-15-28-16-14-26)23-25-21-7-5-6-8-22(21)27(23)17-19-9-11-20(12-10-19)24(2,3)4/h5-12,18H,13-17H2,1-4H3. The number of morpholine rings is 1. The first kappa shape index (κ1) is 19.2. The highest BCUT2D eigenvalue weighted by Gasteiger charge is 2.24. The second-order valence-electron chi connectivity index (χ2n) is 8.82. The van der Waals surface area contributed by atoms with Crippen LogP contribution in [0.4, 0.5) is 0 Å². The lowest BCUT2D eigenvalue weighted by Crippen LogP contribution is -2.39. The Labute approximate surface area is 168 Å². The molecular formula is C24H31N3O. The maximum atomic E-state index is 5.54. The van der Waals surface area contributed by atoms with Gasteiger partial charge >= 0.3 is 0 Å². The SMILES string of the molecule is CC(c1nc2ccccc2n1Cc1ccc(C(C)(C)C)cc1)N1CCOCC1. The Morgan fingerprint density at radius 1 is 1.00 bits per heavy atom. The Kier molecular flexibility index (Phi) is 5.26. The van der Waals surface area contributed by atoms with Crippen molar-refractivity contribution >= 4 is 11.0 Å². The van der Waals surface area contributed by atoms with Crippen molar-refractivity contribution < 1.29 is 4.74 Å². The third-order valence-corrected chi connectivity index (χ3v) is 5.81. The molecule has 4 rings (SSSR count). The second kappa shape index (κ2) is 7.69. The van der Waals surface area contributed by atoms with Gasteiger partial charge in [0.2, 0.25) is 0 Å². The fourth-order valence-corrected chi connectivity index (χ4v) is 4.00. The molecule has 0 spiro atoms. The lowest BCUT2D eigenvalue weighted by Gasteiger charge is -2.32. The van der Waals surface area contributed by atoms with Crippen molar-refractivity contribution in [2.45, 2.75) is 45.7 Å². The van der Waals surface area contributed by atoms with E-state index in [1.807, 2.05) is 0 Å². The van der Waals surface area contributed by atoms with Gasteiger partial charge in [0.05, 0.1) is 30.3 Å². The number of aromatic nitrogens is 2. The highest BCUT2D eigenvalue weighted by molar-refractivity contribution is 5.76. The van der Waals surface area contributed by atoms with Gasteiger partial charge in [-0.15, -0.1) is 0 Å². The van der Waals surface area contributed by atoms with Crippen molar-refractivity contribution in [3.05, 3.63) is 65.5 Å². The van der Waals surface area contributed by atoms with E-state index in [1.54, 1.807) is 0 Å². The zero-order valence-electron chi connectivity index (χ0n) is 17.5. The number of para-hydroxylation sites is 2. The van der Waals surface area contributed by atoms with Crippen LogP contribution in [0, 0.1) is 0 Å². The van der Waals surface area contributed by atoms with Crippen LogP contribution >= 0.6 is 0 Å². The average Bonchev–Trinajstić information content (AvgIpc) is 3.06. The summed E-state index contributed by atoms with van der Waals surface area (Å²) >= 11 is 0. The number of fused-ring (bicyclic) bond motifs is 1. The van der Waals surface area contributed by atoms with Gasteiger partial charge in [-0.1, -0.05) is 57.2 Å². The maximum Gasteiger partial charge on any atom is 0.127 e. The van der Waals surface area contributed by atoms with E-state index < -0.39 is 0 Å². The Balaban J connectivity index is 1.69. The molecule has 0 N–H and O–H groups in total. The van der Waals surface area contributed by atoms with Gasteiger partial charge < -0.3 is 9.30 Å². The Morgan fingerprint density at radius 2 is 1.68 bits per heavy atom. The number of nitrogens with zero attached hydrogens (tertiary/aromatic N) is 3. The summed E-state index contributed by atoms with van der Waals surface area (Å²) in [5.74, 6) is 1.14. The summed E-state index contributed by atoms with van der Waals surface area (Å²) in [6.45, 7) is 13.4. The number of imidazole rings is 1. The molecule has 2 aromatic carbocycles. The molecule has 1 aromatic heterocycles. The molecule has 28 heavy (non-hydrogen) atoms. The monoisotopic (exact) mass is 377 g/mol. The van der Waals surface area contributed by atoms with E-state index in [1.165, 1.54) is 16.6 Å². The van der Waals surface area contributed by atoms with Gasteiger partial charge in [0.1, 0.15) is 5.82 Å². The Morgan fingerprint density at radius 3 is 2.36 bits per heavy atom. The van der Waals surface area contributed by atoms with Crippen LogP contribution in [0.1, 0.15) is 50.7 Å².